The van der Waals surface area contributed by atoms with Gasteiger partial charge in [-0.15, -0.1) is 0 Å². The minimum absolute atomic E-state index is 1.02. The smallest absolute Gasteiger partial charge is 0.102 e. The number of fused-ring (bicyclic) bond motifs is 1. The Labute approximate surface area is 107 Å². The first-order chi connectivity index (χ1) is 7.84. The molecule has 3 aromatic rings. The Morgan fingerprint density at radius 1 is 0.938 bits per heavy atom. The van der Waals surface area contributed by atoms with E-state index in [2.05, 4.69) is 56.5 Å². The molecule has 0 N–H and O–H groups in total. The van der Waals surface area contributed by atoms with Gasteiger partial charge in [0.05, 0.1) is 11.0 Å². The number of hydrogen-bond acceptors (Lipinski definition) is 1. The van der Waals surface area contributed by atoms with E-state index in [9.17, 15) is 0 Å². The molecule has 0 aliphatic rings. The summed E-state index contributed by atoms with van der Waals surface area (Å²) in [7, 11) is 0. The lowest BCUT2D eigenvalue weighted by Crippen LogP contribution is -1.91. The molecule has 2 nitrogen and oxygen atoms in total. The van der Waals surface area contributed by atoms with Crippen molar-refractivity contribution >= 4 is 33.6 Å². The van der Waals surface area contributed by atoms with E-state index in [1.54, 1.807) is 0 Å². The van der Waals surface area contributed by atoms with Crippen molar-refractivity contribution in [3.63, 3.8) is 0 Å². The van der Waals surface area contributed by atoms with Crippen LogP contribution in [0.2, 0.25) is 0 Å². The highest BCUT2D eigenvalue weighted by molar-refractivity contribution is 14.1. The molecule has 0 amide bonds. The van der Waals surface area contributed by atoms with Gasteiger partial charge in [0.2, 0.25) is 0 Å². The van der Waals surface area contributed by atoms with Gasteiger partial charge in [0.25, 0.3) is 0 Å². The number of benzene rings is 1. The predicted molar refractivity (Wildman–Crippen MR) is 73.8 cm³/mol. The Balaban J connectivity index is 2.26. The number of pyridine rings is 1. The first-order valence-corrected chi connectivity index (χ1v) is 6.11. The molecule has 0 saturated heterocycles. The lowest BCUT2D eigenvalue weighted by Gasteiger charge is -2.04. The van der Waals surface area contributed by atoms with Crippen LogP contribution in [0.3, 0.4) is 0 Å². The fourth-order valence-electron chi connectivity index (χ4n) is 1.81. The summed E-state index contributed by atoms with van der Waals surface area (Å²) >= 11 is 2.23. The van der Waals surface area contributed by atoms with Gasteiger partial charge in [-0.05, 0) is 52.9 Å². The third-order valence-electron chi connectivity index (χ3n) is 2.54. The van der Waals surface area contributed by atoms with Crippen molar-refractivity contribution in [3.05, 3.63) is 58.4 Å². The van der Waals surface area contributed by atoms with Crippen molar-refractivity contribution in [1.29, 1.82) is 0 Å². The molecule has 0 fully saturated rings. The van der Waals surface area contributed by atoms with Gasteiger partial charge in [0.1, 0.15) is 3.70 Å². The van der Waals surface area contributed by atoms with Gasteiger partial charge >= 0.3 is 0 Å². The van der Waals surface area contributed by atoms with E-state index in [0.29, 0.717) is 0 Å². The summed E-state index contributed by atoms with van der Waals surface area (Å²) in [5.41, 5.74) is 3.35. The highest BCUT2D eigenvalue weighted by Gasteiger charge is 2.03. The van der Waals surface area contributed by atoms with Gasteiger partial charge in [0.15, 0.2) is 0 Å². The second-order valence-corrected chi connectivity index (χ2v) is 4.66. The summed E-state index contributed by atoms with van der Waals surface area (Å²) in [6, 6.07) is 16.5. The topological polar surface area (TPSA) is 17.8 Å². The molecule has 0 aliphatic heterocycles. The maximum Gasteiger partial charge on any atom is 0.102 e. The van der Waals surface area contributed by atoms with Crippen LogP contribution in [0.25, 0.3) is 16.7 Å². The van der Waals surface area contributed by atoms with Crippen molar-refractivity contribution in [1.82, 2.24) is 9.55 Å². The Hall–Kier alpha value is -1.36. The summed E-state index contributed by atoms with van der Waals surface area (Å²) in [6.45, 7) is 0. The van der Waals surface area contributed by atoms with E-state index in [1.807, 2.05) is 30.3 Å². The van der Waals surface area contributed by atoms with Crippen LogP contribution < -0.4 is 0 Å². The Morgan fingerprint density at radius 3 is 2.56 bits per heavy atom. The molecule has 0 radical (unpaired) electrons. The second kappa shape index (κ2) is 3.90. The highest BCUT2D eigenvalue weighted by Crippen LogP contribution is 2.19. The Morgan fingerprint density at radius 2 is 1.75 bits per heavy atom. The van der Waals surface area contributed by atoms with Crippen LogP contribution in [0.15, 0.2) is 54.7 Å². The number of rotatable bonds is 1. The monoisotopic (exact) mass is 320 g/mol. The molecule has 0 bridgehead atoms. The molecule has 0 unspecified atom stereocenters. The highest BCUT2D eigenvalue weighted by atomic mass is 127. The van der Waals surface area contributed by atoms with Gasteiger partial charge < -0.3 is 4.57 Å². The normalized spacial score (nSPS) is 10.8. The molecular weight excluding hydrogens is 311 g/mol. The molecule has 2 aromatic heterocycles. The minimum Gasteiger partial charge on any atom is -0.315 e. The van der Waals surface area contributed by atoms with Crippen LogP contribution in [-0.2, 0) is 0 Å². The summed E-state index contributed by atoms with van der Waals surface area (Å²) < 4.78 is 3.18. The van der Waals surface area contributed by atoms with Crippen LogP contribution in [-0.4, -0.2) is 9.55 Å². The Bertz CT molecular complexity index is 629. The molecule has 3 heteroatoms. The van der Waals surface area contributed by atoms with Crippen LogP contribution in [0.5, 0.6) is 0 Å². The lowest BCUT2D eigenvalue weighted by atomic mass is 10.3. The minimum atomic E-state index is 1.02. The van der Waals surface area contributed by atoms with Gasteiger partial charge in [-0.3, -0.25) is 0 Å². The number of para-hydroxylation sites is 1. The number of halogens is 1. The van der Waals surface area contributed by atoms with E-state index in [4.69, 9.17) is 0 Å². The fourth-order valence-corrected chi connectivity index (χ4v) is 2.25. The number of nitrogens with zero attached hydrogens (tertiary/aromatic N) is 2. The molecule has 16 heavy (non-hydrogen) atoms. The SMILES string of the molecule is Ic1ccc2c(ccn2-c2ccccc2)n1. The quantitative estimate of drug-likeness (QED) is 0.494. The third-order valence-corrected chi connectivity index (χ3v) is 3.14. The zero-order valence-corrected chi connectivity index (χ0v) is 10.6. The maximum absolute atomic E-state index is 4.49. The largest absolute Gasteiger partial charge is 0.315 e. The third kappa shape index (κ3) is 1.61. The number of aromatic nitrogens is 2. The van der Waals surface area contributed by atoms with Crippen molar-refractivity contribution in [2.45, 2.75) is 0 Å². The predicted octanol–water partition coefficient (Wildman–Crippen LogP) is 3.63. The summed E-state index contributed by atoms with van der Waals surface area (Å²) in [4.78, 5) is 4.49. The number of hydrogen-bond donors (Lipinski definition) is 0. The van der Waals surface area contributed by atoms with Gasteiger partial charge in [0, 0.05) is 11.9 Å². The van der Waals surface area contributed by atoms with Crippen molar-refractivity contribution < 1.29 is 0 Å². The molecule has 1 aromatic carbocycles. The first-order valence-electron chi connectivity index (χ1n) is 5.03. The maximum atomic E-state index is 4.49. The molecule has 0 spiro atoms. The molecule has 0 saturated carbocycles. The zero-order valence-electron chi connectivity index (χ0n) is 8.47. The summed E-state index contributed by atoms with van der Waals surface area (Å²) in [5.74, 6) is 0. The van der Waals surface area contributed by atoms with Crippen LogP contribution in [0, 0.1) is 3.70 Å². The Kier molecular flexibility index (Phi) is 2.40. The molecular formula is C13H9IN2. The molecule has 3 rings (SSSR count). The standard InChI is InChI=1S/C13H9IN2/c14-13-7-6-12-11(15-13)8-9-16(12)10-4-2-1-3-5-10/h1-9H. The van der Waals surface area contributed by atoms with Gasteiger partial charge in [-0.1, -0.05) is 18.2 Å². The van der Waals surface area contributed by atoms with Crippen molar-refractivity contribution in [2.75, 3.05) is 0 Å². The van der Waals surface area contributed by atoms with E-state index in [0.717, 1.165) is 14.7 Å². The van der Waals surface area contributed by atoms with E-state index in [-0.39, 0.29) is 0 Å². The van der Waals surface area contributed by atoms with Crippen molar-refractivity contribution in [3.8, 4) is 5.69 Å². The molecule has 0 atom stereocenters. The molecule has 0 aliphatic carbocycles. The van der Waals surface area contributed by atoms with E-state index >= 15 is 0 Å². The average molecular weight is 320 g/mol. The average Bonchev–Trinajstić information content (AvgIpc) is 2.73. The van der Waals surface area contributed by atoms with Crippen LogP contribution in [0.4, 0.5) is 0 Å². The van der Waals surface area contributed by atoms with Crippen molar-refractivity contribution in [2.24, 2.45) is 0 Å². The second-order valence-electron chi connectivity index (χ2n) is 3.56. The molecule has 78 valence electrons. The van der Waals surface area contributed by atoms with E-state index in [1.165, 1.54) is 5.69 Å². The van der Waals surface area contributed by atoms with Crippen LogP contribution in [0.1, 0.15) is 0 Å². The lowest BCUT2D eigenvalue weighted by molar-refractivity contribution is 1.12. The van der Waals surface area contributed by atoms with Gasteiger partial charge in [-0.2, -0.15) is 0 Å². The van der Waals surface area contributed by atoms with Crippen LogP contribution >= 0.6 is 22.6 Å². The van der Waals surface area contributed by atoms with Gasteiger partial charge in [-0.25, -0.2) is 4.98 Å². The summed E-state index contributed by atoms with van der Waals surface area (Å²) in [5, 5.41) is 0. The molecule has 2 heterocycles. The summed E-state index contributed by atoms with van der Waals surface area (Å²) in [6.07, 6.45) is 2.06. The van der Waals surface area contributed by atoms with E-state index < -0.39 is 0 Å². The zero-order chi connectivity index (χ0) is 11.0. The fraction of sp³-hybridized carbons (Fsp3) is 0. The first kappa shape index (κ1) is 9.84.